The summed E-state index contributed by atoms with van der Waals surface area (Å²) in [6.45, 7) is 11.5. The fourth-order valence-electron chi connectivity index (χ4n) is 4.86. The predicted octanol–water partition coefficient (Wildman–Crippen LogP) is 3.60. The van der Waals surface area contributed by atoms with Crippen LogP contribution in [0.3, 0.4) is 0 Å². The van der Waals surface area contributed by atoms with E-state index < -0.39 is 17.0 Å². The molecule has 1 atom stereocenters. The van der Waals surface area contributed by atoms with Gasteiger partial charge in [-0.05, 0) is 84.6 Å². The topological polar surface area (TPSA) is 70.1 Å². The van der Waals surface area contributed by atoms with Gasteiger partial charge in [0.25, 0.3) is 0 Å². The zero-order chi connectivity index (χ0) is 19.8. The molecule has 0 spiro atoms. The van der Waals surface area contributed by atoms with Crippen molar-refractivity contribution in [3.8, 4) is 0 Å². The Bertz CT molecular complexity index is 557. The van der Waals surface area contributed by atoms with E-state index >= 15 is 0 Å². The molecule has 154 valence electrons. The number of hydrogen-bond donors (Lipinski definition) is 1. The van der Waals surface area contributed by atoms with Gasteiger partial charge in [-0.1, -0.05) is 0 Å². The molecule has 1 amide bonds. The molecule has 6 heteroatoms. The SMILES string of the molecule is CC(C)(C)OC(=O)N1CC([C@H]2CCCN(C3CCC(C)(C(=O)O)CC3)C2)C1. The zero-order valence-electron chi connectivity index (χ0n) is 17.4. The summed E-state index contributed by atoms with van der Waals surface area (Å²) in [6.07, 6.45) is 5.80. The first-order valence-electron chi connectivity index (χ1n) is 10.5. The molecule has 0 radical (unpaired) electrons. The smallest absolute Gasteiger partial charge is 0.410 e. The second-order valence-corrected chi connectivity index (χ2v) is 10.1. The maximum absolute atomic E-state index is 12.1. The molecule has 3 fully saturated rings. The molecule has 3 aliphatic rings. The van der Waals surface area contributed by atoms with E-state index in [1.807, 2.05) is 32.6 Å². The van der Waals surface area contributed by atoms with Gasteiger partial charge in [0.2, 0.25) is 0 Å². The van der Waals surface area contributed by atoms with Crippen LogP contribution >= 0.6 is 0 Å². The van der Waals surface area contributed by atoms with Crippen molar-refractivity contribution in [2.24, 2.45) is 17.3 Å². The van der Waals surface area contributed by atoms with E-state index in [1.165, 1.54) is 12.8 Å². The van der Waals surface area contributed by atoms with Crippen molar-refractivity contribution in [1.29, 1.82) is 0 Å². The standard InChI is InChI=1S/C21H36N2O4/c1-20(2,3)27-19(26)23-13-16(14-23)15-6-5-11-22(12-15)17-7-9-21(4,10-8-17)18(24)25/h15-17H,5-14H2,1-4H3,(H,24,25)/t15-,17?,21?/m0/s1. The van der Waals surface area contributed by atoms with Crippen LogP contribution in [0.1, 0.15) is 66.2 Å². The van der Waals surface area contributed by atoms with Gasteiger partial charge in [-0.15, -0.1) is 0 Å². The normalized spacial score (nSPS) is 33.4. The third kappa shape index (κ3) is 4.76. The molecule has 0 unspecified atom stereocenters. The highest BCUT2D eigenvalue weighted by molar-refractivity contribution is 5.74. The first-order chi connectivity index (χ1) is 12.6. The Balaban J connectivity index is 1.46. The quantitative estimate of drug-likeness (QED) is 0.810. The molecule has 0 aromatic rings. The lowest BCUT2D eigenvalue weighted by atomic mass is 9.73. The number of likely N-dealkylation sites (tertiary alicyclic amines) is 2. The van der Waals surface area contributed by atoms with Gasteiger partial charge in [0.1, 0.15) is 5.60 Å². The van der Waals surface area contributed by atoms with E-state index in [-0.39, 0.29) is 6.09 Å². The Kier molecular flexibility index (Phi) is 5.76. The lowest BCUT2D eigenvalue weighted by Crippen LogP contribution is -2.57. The first-order valence-corrected chi connectivity index (χ1v) is 10.5. The lowest BCUT2D eigenvalue weighted by Gasteiger charge is -2.49. The largest absolute Gasteiger partial charge is 0.481 e. The first kappa shape index (κ1) is 20.4. The van der Waals surface area contributed by atoms with E-state index in [4.69, 9.17) is 4.74 Å². The van der Waals surface area contributed by atoms with Crippen molar-refractivity contribution in [3.63, 3.8) is 0 Å². The van der Waals surface area contributed by atoms with Crippen molar-refractivity contribution in [1.82, 2.24) is 9.80 Å². The van der Waals surface area contributed by atoms with Gasteiger partial charge in [0, 0.05) is 25.7 Å². The summed E-state index contributed by atoms with van der Waals surface area (Å²) in [5.41, 5.74) is -0.969. The minimum Gasteiger partial charge on any atom is -0.481 e. The molecule has 0 bridgehead atoms. The number of amides is 1. The number of aliphatic carboxylic acids is 1. The highest BCUT2D eigenvalue weighted by Crippen LogP contribution is 2.40. The molecule has 0 aromatic carbocycles. The van der Waals surface area contributed by atoms with Crippen LogP contribution in [0.15, 0.2) is 0 Å². The Morgan fingerprint density at radius 1 is 1.04 bits per heavy atom. The van der Waals surface area contributed by atoms with Gasteiger partial charge in [0.05, 0.1) is 5.41 Å². The van der Waals surface area contributed by atoms with Gasteiger partial charge >= 0.3 is 12.1 Å². The number of carboxylic acids is 1. The minimum absolute atomic E-state index is 0.188. The molecule has 27 heavy (non-hydrogen) atoms. The van der Waals surface area contributed by atoms with Gasteiger partial charge < -0.3 is 19.6 Å². The molecule has 2 heterocycles. The number of hydrogen-bond acceptors (Lipinski definition) is 4. The van der Waals surface area contributed by atoms with Crippen LogP contribution in [0, 0.1) is 17.3 Å². The molecule has 3 rings (SSSR count). The highest BCUT2D eigenvalue weighted by Gasteiger charge is 2.42. The third-order valence-corrected chi connectivity index (χ3v) is 6.81. The monoisotopic (exact) mass is 380 g/mol. The Labute approximate surface area is 163 Å². The Hall–Kier alpha value is -1.30. The number of carbonyl (C=O) groups is 2. The molecule has 2 aliphatic heterocycles. The van der Waals surface area contributed by atoms with Gasteiger partial charge in [-0.3, -0.25) is 4.79 Å². The summed E-state index contributed by atoms with van der Waals surface area (Å²) >= 11 is 0. The van der Waals surface area contributed by atoms with Crippen LogP contribution in [0.25, 0.3) is 0 Å². The minimum atomic E-state index is -0.644. The molecule has 0 aromatic heterocycles. The number of piperidine rings is 1. The zero-order valence-corrected chi connectivity index (χ0v) is 17.4. The molecular weight excluding hydrogens is 344 g/mol. The summed E-state index contributed by atoms with van der Waals surface area (Å²) in [4.78, 5) is 28.0. The maximum atomic E-state index is 12.1. The van der Waals surface area contributed by atoms with Crippen molar-refractivity contribution in [3.05, 3.63) is 0 Å². The third-order valence-electron chi connectivity index (χ3n) is 6.81. The molecule has 1 aliphatic carbocycles. The molecule has 2 saturated heterocycles. The summed E-state index contributed by atoms with van der Waals surface area (Å²) in [6, 6.07) is 0.530. The average molecular weight is 381 g/mol. The Morgan fingerprint density at radius 3 is 2.22 bits per heavy atom. The van der Waals surface area contributed by atoms with Crippen LogP contribution in [0.4, 0.5) is 4.79 Å². The number of carboxylic acid groups (broad SMARTS) is 1. The van der Waals surface area contributed by atoms with Crippen molar-refractivity contribution in [2.75, 3.05) is 26.2 Å². The second-order valence-electron chi connectivity index (χ2n) is 10.1. The number of rotatable bonds is 3. The van der Waals surface area contributed by atoms with E-state index in [0.717, 1.165) is 51.9 Å². The van der Waals surface area contributed by atoms with E-state index in [1.54, 1.807) is 0 Å². The van der Waals surface area contributed by atoms with Crippen molar-refractivity contribution >= 4 is 12.1 Å². The predicted molar refractivity (Wildman–Crippen MR) is 104 cm³/mol. The summed E-state index contributed by atoms with van der Waals surface area (Å²) in [5.74, 6) is 0.576. The van der Waals surface area contributed by atoms with Crippen LogP contribution in [0.2, 0.25) is 0 Å². The van der Waals surface area contributed by atoms with Crippen LogP contribution < -0.4 is 0 Å². The van der Waals surface area contributed by atoms with Crippen LogP contribution in [-0.2, 0) is 9.53 Å². The van der Waals surface area contributed by atoms with Crippen LogP contribution in [-0.4, -0.2) is 64.8 Å². The van der Waals surface area contributed by atoms with Crippen LogP contribution in [0.5, 0.6) is 0 Å². The van der Waals surface area contributed by atoms with Gasteiger partial charge in [-0.25, -0.2) is 4.79 Å². The average Bonchev–Trinajstić information content (AvgIpc) is 2.52. The highest BCUT2D eigenvalue weighted by atomic mass is 16.6. The molecule has 1 N–H and O–H groups in total. The molecule has 6 nitrogen and oxygen atoms in total. The van der Waals surface area contributed by atoms with E-state index in [2.05, 4.69) is 4.90 Å². The summed E-state index contributed by atoms with van der Waals surface area (Å²) < 4.78 is 5.46. The molecule has 1 saturated carbocycles. The summed E-state index contributed by atoms with van der Waals surface area (Å²) in [7, 11) is 0. The van der Waals surface area contributed by atoms with Crippen molar-refractivity contribution < 1.29 is 19.4 Å². The molecular formula is C21H36N2O4. The van der Waals surface area contributed by atoms with E-state index in [0.29, 0.717) is 17.9 Å². The second kappa shape index (κ2) is 7.61. The van der Waals surface area contributed by atoms with Gasteiger partial charge in [-0.2, -0.15) is 0 Å². The fraction of sp³-hybridized carbons (Fsp3) is 0.905. The van der Waals surface area contributed by atoms with E-state index in [9.17, 15) is 14.7 Å². The maximum Gasteiger partial charge on any atom is 0.410 e. The number of ether oxygens (including phenoxy) is 1. The Morgan fingerprint density at radius 2 is 1.67 bits per heavy atom. The fourth-order valence-corrected chi connectivity index (χ4v) is 4.86. The number of carbonyl (C=O) groups excluding carboxylic acids is 1. The summed E-state index contributed by atoms with van der Waals surface area (Å²) in [5, 5.41) is 9.43. The number of nitrogens with zero attached hydrogens (tertiary/aromatic N) is 2. The van der Waals surface area contributed by atoms with Crippen molar-refractivity contribution in [2.45, 2.75) is 77.9 Å². The lowest BCUT2D eigenvalue weighted by molar-refractivity contribution is -0.150. The van der Waals surface area contributed by atoms with Gasteiger partial charge in [0.15, 0.2) is 0 Å².